The van der Waals surface area contributed by atoms with Crippen LogP contribution in [0, 0.1) is 5.92 Å². The minimum Gasteiger partial charge on any atom is -0.351 e. The van der Waals surface area contributed by atoms with Gasteiger partial charge in [0.25, 0.3) is 0 Å². The summed E-state index contributed by atoms with van der Waals surface area (Å²) in [4.78, 5) is 17.3. The molecule has 0 spiro atoms. The minimum absolute atomic E-state index is 0.0781. The molecule has 1 aliphatic carbocycles. The average molecular weight is 386 g/mol. The summed E-state index contributed by atoms with van der Waals surface area (Å²) >= 11 is 0. The van der Waals surface area contributed by atoms with Gasteiger partial charge in [0.1, 0.15) is 18.5 Å². The van der Waals surface area contributed by atoms with Crippen LogP contribution in [0.3, 0.4) is 0 Å². The van der Waals surface area contributed by atoms with Gasteiger partial charge in [-0.1, -0.05) is 0 Å². The van der Waals surface area contributed by atoms with Crippen molar-refractivity contribution in [1.29, 1.82) is 0 Å². The van der Waals surface area contributed by atoms with E-state index in [4.69, 9.17) is 0 Å². The van der Waals surface area contributed by atoms with Gasteiger partial charge in [-0.15, -0.1) is 0 Å². The van der Waals surface area contributed by atoms with Crippen LogP contribution in [0.1, 0.15) is 52.9 Å². The molecular weight excluding hydrogens is 354 g/mol. The Morgan fingerprint density at radius 2 is 1.89 bits per heavy atom. The van der Waals surface area contributed by atoms with E-state index in [9.17, 15) is 13.6 Å². The first-order valence-corrected chi connectivity index (χ1v) is 9.92. The molecule has 7 nitrogen and oxygen atoms in total. The van der Waals surface area contributed by atoms with Gasteiger partial charge in [0.2, 0.25) is 5.91 Å². The summed E-state index contributed by atoms with van der Waals surface area (Å²) in [7, 11) is 0. The molecular formula is C18H32F2N6O. The number of hydrogen-bond donors (Lipinski definition) is 5. The molecule has 2 heterocycles. The molecule has 3 aliphatic rings. The molecule has 5 N–H and O–H groups in total. The zero-order valence-corrected chi connectivity index (χ0v) is 16.3. The van der Waals surface area contributed by atoms with Gasteiger partial charge in [-0.05, 0) is 59.4 Å². The smallest absolute Gasteiger partial charge is 0.229 e. The average Bonchev–Trinajstić information content (AvgIpc) is 2.99. The molecule has 2 saturated heterocycles. The summed E-state index contributed by atoms with van der Waals surface area (Å²) in [6.07, 6.45) is -0.725. The maximum atomic E-state index is 13.7. The number of hydrogen-bond acceptors (Lipinski definition) is 5. The molecule has 27 heavy (non-hydrogen) atoms. The van der Waals surface area contributed by atoms with E-state index in [1.54, 1.807) is 0 Å². The van der Waals surface area contributed by atoms with Crippen molar-refractivity contribution in [3.05, 3.63) is 0 Å². The number of nitrogens with one attached hydrogen (secondary N) is 5. The Kier molecular flexibility index (Phi) is 6.32. The van der Waals surface area contributed by atoms with Gasteiger partial charge in [-0.25, -0.2) is 19.2 Å². The number of piperidine rings is 1. The van der Waals surface area contributed by atoms with Crippen LogP contribution in [0.2, 0.25) is 0 Å². The van der Waals surface area contributed by atoms with Crippen LogP contribution in [0.25, 0.3) is 0 Å². The molecule has 3 fully saturated rings. The van der Waals surface area contributed by atoms with Crippen molar-refractivity contribution >= 4 is 11.9 Å². The molecule has 0 radical (unpaired) electrons. The van der Waals surface area contributed by atoms with E-state index in [0.717, 1.165) is 19.4 Å². The number of alkyl halides is 2. The maximum Gasteiger partial charge on any atom is 0.229 e. The van der Waals surface area contributed by atoms with Gasteiger partial charge in [0.05, 0.1) is 6.04 Å². The van der Waals surface area contributed by atoms with Crippen LogP contribution < -0.4 is 26.8 Å². The lowest BCUT2D eigenvalue weighted by atomic mass is 9.86. The van der Waals surface area contributed by atoms with Gasteiger partial charge in [-0.2, -0.15) is 0 Å². The summed E-state index contributed by atoms with van der Waals surface area (Å²) in [5.74, 6) is -0.481. The van der Waals surface area contributed by atoms with Gasteiger partial charge in [0.15, 0.2) is 5.96 Å². The highest BCUT2D eigenvalue weighted by atomic mass is 19.2. The Bertz CT molecular complexity index is 567. The highest BCUT2D eigenvalue weighted by Crippen LogP contribution is 2.29. The molecule has 0 aromatic rings. The number of fused-ring (bicyclic) bond motifs is 1. The first-order valence-electron chi connectivity index (χ1n) is 9.92. The largest absolute Gasteiger partial charge is 0.351 e. The van der Waals surface area contributed by atoms with Gasteiger partial charge in [0, 0.05) is 17.5 Å². The fourth-order valence-electron chi connectivity index (χ4n) is 3.93. The van der Waals surface area contributed by atoms with Crippen LogP contribution in [0.5, 0.6) is 0 Å². The number of hydrazine groups is 1. The first-order chi connectivity index (χ1) is 12.7. The summed E-state index contributed by atoms with van der Waals surface area (Å²) in [5.41, 5.74) is 6.12. The Labute approximate surface area is 159 Å². The van der Waals surface area contributed by atoms with Gasteiger partial charge in [-0.3, -0.25) is 15.5 Å². The third kappa shape index (κ3) is 5.36. The van der Waals surface area contributed by atoms with Crippen LogP contribution in [-0.4, -0.2) is 54.5 Å². The summed E-state index contributed by atoms with van der Waals surface area (Å²) in [6.45, 7) is 6.86. The normalized spacial score (nSPS) is 37.6. The number of amides is 1. The van der Waals surface area contributed by atoms with Crippen molar-refractivity contribution in [1.82, 2.24) is 26.8 Å². The molecule has 0 aromatic heterocycles. The van der Waals surface area contributed by atoms with Crippen molar-refractivity contribution in [2.24, 2.45) is 10.9 Å². The molecule has 6 atom stereocenters. The topological polar surface area (TPSA) is 89.6 Å². The number of nitrogens with zero attached hydrogens (tertiary/aromatic N) is 1. The summed E-state index contributed by atoms with van der Waals surface area (Å²) in [6, 6.07) is 0.441. The Morgan fingerprint density at radius 1 is 1.11 bits per heavy atom. The zero-order chi connectivity index (χ0) is 19.6. The highest BCUT2D eigenvalue weighted by Gasteiger charge is 2.38. The Balaban J connectivity index is 1.68. The molecule has 9 heteroatoms. The SMILES string of the molecule is CC(C)(C)N/C(=N\C1NNC2CCCNC21)NC(=O)C1CCC(F)C(F)C1. The minimum atomic E-state index is -1.57. The predicted octanol–water partition coefficient (Wildman–Crippen LogP) is 0.878. The van der Waals surface area contributed by atoms with E-state index in [1.165, 1.54) is 0 Å². The fourth-order valence-corrected chi connectivity index (χ4v) is 3.93. The molecule has 1 saturated carbocycles. The van der Waals surface area contributed by atoms with E-state index in [2.05, 4.69) is 31.8 Å². The van der Waals surface area contributed by atoms with E-state index in [-0.39, 0.29) is 36.5 Å². The standard InChI is InChI=1S/C18H32F2N6O/c1-18(2,3)24-17(22-15-14-13(25-26-15)5-4-8-21-14)23-16(27)10-6-7-11(19)12(20)9-10/h10-15,21,25-26H,4-9H2,1-3H3,(H2,22,23,24,27). The predicted molar refractivity (Wildman–Crippen MR) is 100 cm³/mol. The molecule has 2 aliphatic heterocycles. The van der Waals surface area contributed by atoms with Crippen LogP contribution in [0.4, 0.5) is 8.78 Å². The number of carbonyl (C=O) groups excluding carboxylic acids is 1. The number of guanidine groups is 1. The second kappa shape index (κ2) is 8.36. The van der Waals surface area contributed by atoms with Crippen molar-refractivity contribution in [2.45, 2.75) is 89.0 Å². The van der Waals surface area contributed by atoms with E-state index < -0.39 is 18.3 Å². The van der Waals surface area contributed by atoms with Crippen LogP contribution >= 0.6 is 0 Å². The number of carbonyl (C=O) groups is 1. The number of rotatable bonds is 2. The lowest BCUT2D eigenvalue weighted by Gasteiger charge is -2.30. The monoisotopic (exact) mass is 386 g/mol. The highest BCUT2D eigenvalue weighted by molar-refractivity contribution is 5.98. The van der Waals surface area contributed by atoms with Crippen LogP contribution in [-0.2, 0) is 4.79 Å². The third-order valence-corrected chi connectivity index (χ3v) is 5.33. The first kappa shape index (κ1) is 20.4. The molecule has 0 bridgehead atoms. The molecule has 154 valence electrons. The Hall–Kier alpha value is -1.32. The molecule has 6 unspecified atom stereocenters. The van der Waals surface area contributed by atoms with Crippen molar-refractivity contribution in [3.8, 4) is 0 Å². The molecule has 1 amide bonds. The quantitative estimate of drug-likeness (QED) is 0.359. The number of aliphatic imine (C=N–C) groups is 1. The molecule has 0 aromatic carbocycles. The van der Waals surface area contributed by atoms with E-state index >= 15 is 0 Å². The van der Waals surface area contributed by atoms with Gasteiger partial charge >= 0.3 is 0 Å². The second-order valence-corrected chi connectivity index (χ2v) is 8.85. The van der Waals surface area contributed by atoms with Crippen LogP contribution in [0.15, 0.2) is 4.99 Å². The van der Waals surface area contributed by atoms with Crippen molar-refractivity contribution in [2.75, 3.05) is 6.54 Å². The van der Waals surface area contributed by atoms with E-state index in [1.807, 2.05) is 20.8 Å². The zero-order valence-electron chi connectivity index (χ0n) is 16.3. The fraction of sp³-hybridized carbons (Fsp3) is 0.889. The number of halogens is 2. The second-order valence-electron chi connectivity index (χ2n) is 8.85. The summed E-state index contributed by atoms with van der Waals surface area (Å²) in [5, 5.41) is 9.50. The van der Waals surface area contributed by atoms with Crippen molar-refractivity contribution in [3.63, 3.8) is 0 Å². The third-order valence-electron chi connectivity index (χ3n) is 5.33. The molecule has 3 rings (SSSR count). The summed E-state index contributed by atoms with van der Waals surface area (Å²) < 4.78 is 27.0. The van der Waals surface area contributed by atoms with Gasteiger partial charge < -0.3 is 10.6 Å². The lowest BCUT2D eigenvalue weighted by molar-refractivity contribution is -0.125. The van der Waals surface area contributed by atoms with E-state index in [0.29, 0.717) is 18.4 Å². The maximum absolute atomic E-state index is 13.7. The Morgan fingerprint density at radius 3 is 2.59 bits per heavy atom. The lowest BCUT2D eigenvalue weighted by Crippen LogP contribution is -2.54. The van der Waals surface area contributed by atoms with Crippen molar-refractivity contribution < 1.29 is 13.6 Å².